The van der Waals surface area contributed by atoms with E-state index in [9.17, 15) is 4.79 Å². The number of hydrogen-bond acceptors (Lipinski definition) is 3. The molecule has 1 heterocycles. The molecule has 3 rings (SSSR count). The van der Waals surface area contributed by atoms with Crippen LogP contribution in [0, 0.1) is 11.7 Å². The Hall–Kier alpha value is -1.94. The highest BCUT2D eigenvalue weighted by Crippen LogP contribution is 2.30. The Labute approximate surface area is 173 Å². The summed E-state index contributed by atoms with van der Waals surface area (Å²) in [6.45, 7) is 4.78. The SMILES string of the molecule is C/C=C/COC1CCC(CCc2ccc3cc(CCCC)oc(=O)c3c2F)CC1. The molecular formula is C25H33FO3. The fraction of sp³-hybridized carbons (Fsp3) is 0.560. The van der Waals surface area contributed by atoms with Crippen molar-refractivity contribution in [3.8, 4) is 0 Å². The molecule has 1 aliphatic rings. The summed E-state index contributed by atoms with van der Waals surface area (Å²) in [6.07, 6.45) is 13.1. The summed E-state index contributed by atoms with van der Waals surface area (Å²) in [4.78, 5) is 12.4. The van der Waals surface area contributed by atoms with Gasteiger partial charge in [0.1, 0.15) is 17.0 Å². The second-order valence-corrected chi connectivity index (χ2v) is 8.19. The van der Waals surface area contributed by atoms with Crippen molar-refractivity contribution < 1.29 is 13.5 Å². The third kappa shape index (κ3) is 5.79. The van der Waals surface area contributed by atoms with E-state index in [-0.39, 0.29) is 5.39 Å². The summed E-state index contributed by atoms with van der Waals surface area (Å²) < 4.78 is 26.2. The molecule has 0 unspecified atom stereocenters. The molecule has 0 aliphatic heterocycles. The summed E-state index contributed by atoms with van der Waals surface area (Å²) in [7, 11) is 0. The van der Waals surface area contributed by atoms with Crippen molar-refractivity contribution in [2.24, 2.45) is 5.92 Å². The highest BCUT2D eigenvalue weighted by atomic mass is 19.1. The molecule has 2 aromatic rings. The molecule has 0 N–H and O–H groups in total. The van der Waals surface area contributed by atoms with Crippen molar-refractivity contribution in [2.75, 3.05) is 6.61 Å². The number of fused-ring (bicyclic) bond motifs is 1. The average Bonchev–Trinajstić information content (AvgIpc) is 2.72. The zero-order valence-electron chi connectivity index (χ0n) is 17.7. The predicted molar refractivity (Wildman–Crippen MR) is 116 cm³/mol. The van der Waals surface area contributed by atoms with E-state index in [2.05, 4.69) is 6.92 Å². The summed E-state index contributed by atoms with van der Waals surface area (Å²) in [6, 6.07) is 5.52. The Kier molecular flexibility index (Phi) is 8.05. The maximum absolute atomic E-state index is 15.0. The van der Waals surface area contributed by atoms with Crippen LogP contribution in [0.1, 0.15) is 70.1 Å². The molecular weight excluding hydrogens is 367 g/mol. The highest BCUT2D eigenvalue weighted by molar-refractivity contribution is 5.82. The van der Waals surface area contributed by atoms with Crippen LogP contribution in [0.15, 0.2) is 39.6 Å². The van der Waals surface area contributed by atoms with E-state index in [0.717, 1.165) is 44.9 Å². The van der Waals surface area contributed by atoms with E-state index in [1.165, 1.54) is 0 Å². The molecule has 0 saturated heterocycles. The van der Waals surface area contributed by atoms with Crippen molar-refractivity contribution in [1.29, 1.82) is 0 Å². The zero-order chi connectivity index (χ0) is 20.6. The van der Waals surface area contributed by atoms with Gasteiger partial charge in [0, 0.05) is 6.42 Å². The number of allylic oxidation sites excluding steroid dienone is 1. The minimum absolute atomic E-state index is 0.101. The van der Waals surface area contributed by atoms with E-state index in [4.69, 9.17) is 9.15 Å². The lowest BCUT2D eigenvalue weighted by molar-refractivity contribution is 0.0336. The molecule has 158 valence electrons. The van der Waals surface area contributed by atoms with Crippen LogP contribution < -0.4 is 5.63 Å². The van der Waals surface area contributed by atoms with E-state index in [0.29, 0.717) is 48.2 Å². The molecule has 1 aromatic heterocycles. The molecule has 1 aliphatic carbocycles. The lowest BCUT2D eigenvalue weighted by atomic mass is 9.83. The number of hydrogen-bond donors (Lipinski definition) is 0. The van der Waals surface area contributed by atoms with Crippen LogP contribution in [0.3, 0.4) is 0 Å². The molecule has 0 spiro atoms. The Morgan fingerprint density at radius 3 is 2.72 bits per heavy atom. The number of unbranched alkanes of at least 4 members (excludes halogenated alkanes) is 1. The zero-order valence-corrected chi connectivity index (χ0v) is 17.7. The highest BCUT2D eigenvalue weighted by Gasteiger charge is 2.22. The maximum atomic E-state index is 15.0. The first kappa shape index (κ1) is 21.8. The first-order chi connectivity index (χ1) is 14.1. The Bertz CT molecular complexity index is 876. The summed E-state index contributed by atoms with van der Waals surface area (Å²) in [5, 5.41) is 0.747. The minimum atomic E-state index is -0.549. The molecule has 1 saturated carbocycles. The Morgan fingerprint density at radius 2 is 2.00 bits per heavy atom. The standard InChI is InChI=1S/C25H33FO3/c1-3-5-7-22-17-20-13-12-19(24(26)23(20)25(27)29-22)11-8-18-9-14-21(15-10-18)28-16-6-4-2/h4,6,12-13,17-18,21H,3,5,7-11,14-16H2,1-2H3/b6-4+. The van der Waals surface area contributed by atoms with Gasteiger partial charge in [0.05, 0.1) is 12.7 Å². The lowest BCUT2D eigenvalue weighted by Crippen LogP contribution is -2.22. The number of ether oxygens (including phenoxy) is 1. The van der Waals surface area contributed by atoms with E-state index >= 15 is 4.39 Å². The van der Waals surface area contributed by atoms with Crippen molar-refractivity contribution in [1.82, 2.24) is 0 Å². The molecule has 0 amide bonds. The van der Waals surface area contributed by atoms with Crippen LogP contribution in [0.25, 0.3) is 10.8 Å². The number of benzene rings is 1. The van der Waals surface area contributed by atoms with Crippen molar-refractivity contribution >= 4 is 10.8 Å². The van der Waals surface area contributed by atoms with Gasteiger partial charge >= 0.3 is 5.63 Å². The summed E-state index contributed by atoms with van der Waals surface area (Å²) in [5.41, 5.74) is 0.0734. The van der Waals surface area contributed by atoms with Gasteiger partial charge in [-0.2, -0.15) is 0 Å². The quantitative estimate of drug-likeness (QED) is 0.460. The number of halogens is 1. The first-order valence-electron chi connectivity index (χ1n) is 11.1. The molecule has 1 aromatic carbocycles. The van der Waals surface area contributed by atoms with Gasteiger partial charge in [-0.05, 0) is 74.8 Å². The van der Waals surface area contributed by atoms with Crippen LogP contribution in [-0.4, -0.2) is 12.7 Å². The normalized spacial score (nSPS) is 20.0. The van der Waals surface area contributed by atoms with Gasteiger partial charge in [-0.25, -0.2) is 9.18 Å². The summed E-state index contributed by atoms with van der Waals surface area (Å²) >= 11 is 0. The summed E-state index contributed by atoms with van der Waals surface area (Å²) in [5.74, 6) is 0.839. The molecule has 1 fully saturated rings. The van der Waals surface area contributed by atoms with Crippen LogP contribution in [0.4, 0.5) is 4.39 Å². The van der Waals surface area contributed by atoms with Gasteiger partial charge < -0.3 is 9.15 Å². The van der Waals surface area contributed by atoms with E-state index in [1.54, 1.807) is 0 Å². The molecule has 4 heteroatoms. The van der Waals surface area contributed by atoms with Gasteiger partial charge in [-0.1, -0.05) is 37.6 Å². The predicted octanol–water partition coefficient (Wildman–Crippen LogP) is 6.36. The van der Waals surface area contributed by atoms with Gasteiger partial charge in [0.2, 0.25) is 0 Å². The lowest BCUT2D eigenvalue weighted by Gasteiger charge is -2.28. The van der Waals surface area contributed by atoms with Crippen LogP contribution >= 0.6 is 0 Å². The fourth-order valence-electron chi connectivity index (χ4n) is 4.24. The minimum Gasteiger partial charge on any atom is -0.427 e. The van der Waals surface area contributed by atoms with Crippen molar-refractivity contribution in [3.05, 3.63) is 57.9 Å². The van der Waals surface area contributed by atoms with Crippen molar-refractivity contribution in [2.45, 2.75) is 77.7 Å². The number of rotatable bonds is 9. The van der Waals surface area contributed by atoms with Crippen LogP contribution in [-0.2, 0) is 17.6 Å². The van der Waals surface area contributed by atoms with Crippen LogP contribution in [0.5, 0.6) is 0 Å². The molecule has 0 radical (unpaired) electrons. The van der Waals surface area contributed by atoms with Gasteiger partial charge in [-0.3, -0.25) is 0 Å². The van der Waals surface area contributed by atoms with E-state index < -0.39 is 11.4 Å². The topological polar surface area (TPSA) is 39.4 Å². The third-order valence-electron chi connectivity index (χ3n) is 6.05. The van der Waals surface area contributed by atoms with Gasteiger partial charge in [-0.15, -0.1) is 0 Å². The van der Waals surface area contributed by atoms with Crippen molar-refractivity contribution in [3.63, 3.8) is 0 Å². The smallest absolute Gasteiger partial charge is 0.346 e. The Morgan fingerprint density at radius 1 is 1.21 bits per heavy atom. The monoisotopic (exact) mass is 400 g/mol. The second kappa shape index (κ2) is 10.7. The van der Waals surface area contributed by atoms with E-state index in [1.807, 2.05) is 37.3 Å². The molecule has 29 heavy (non-hydrogen) atoms. The average molecular weight is 401 g/mol. The fourth-order valence-corrected chi connectivity index (χ4v) is 4.24. The van der Waals surface area contributed by atoms with Gasteiger partial charge in [0.15, 0.2) is 0 Å². The molecule has 0 bridgehead atoms. The van der Waals surface area contributed by atoms with Crippen LogP contribution in [0.2, 0.25) is 0 Å². The van der Waals surface area contributed by atoms with Gasteiger partial charge in [0.25, 0.3) is 0 Å². The second-order valence-electron chi connectivity index (χ2n) is 8.19. The first-order valence-corrected chi connectivity index (χ1v) is 11.1. The molecule has 3 nitrogen and oxygen atoms in total. The largest absolute Gasteiger partial charge is 0.427 e. The number of aryl methyl sites for hydroxylation is 2. The molecule has 0 atom stereocenters. The maximum Gasteiger partial charge on any atom is 0.346 e. The Balaban J connectivity index is 1.60. The third-order valence-corrected chi connectivity index (χ3v) is 6.05.